The van der Waals surface area contributed by atoms with Gasteiger partial charge in [-0.15, -0.1) is 0 Å². The Bertz CT molecular complexity index is 3010. The Kier molecular flexibility index (Phi) is 17.7. The molecule has 8 rings (SSSR count). The van der Waals surface area contributed by atoms with Crippen LogP contribution < -0.4 is 26.2 Å². The van der Waals surface area contributed by atoms with Gasteiger partial charge in [-0.3, -0.25) is 28.0 Å². The van der Waals surface area contributed by atoms with Crippen molar-refractivity contribution in [1.29, 1.82) is 0 Å². The van der Waals surface area contributed by atoms with Gasteiger partial charge in [0, 0.05) is 50.4 Å². The van der Waals surface area contributed by atoms with Crippen LogP contribution in [0.5, 0.6) is 11.5 Å². The van der Waals surface area contributed by atoms with E-state index in [4.69, 9.17) is 9.84 Å². The molecule has 4 aromatic heterocycles. The van der Waals surface area contributed by atoms with Crippen LogP contribution in [0.3, 0.4) is 0 Å². The number of carbonyl (C=O) groups is 2. The molecule has 15 heteroatoms. The summed E-state index contributed by atoms with van der Waals surface area (Å²) in [6.45, 7) is 20.0. The quantitative estimate of drug-likeness (QED) is 0.0232. The van der Waals surface area contributed by atoms with Crippen molar-refractivity contribution >= 4 is 78.0 Å². The van der Waals surface area contributed by atoms with Gasteiger partial charge in [0.15, 0.2) is 10.9 Å². The first-order valence-electron chi connectivity index (χ1n) is 23.9. The number of aliphatic carboxylic acids is 1. The van der Waals surface area contributed by atoms with Gasteiger partial charge < -0.3 is 35.4 Å². The maximum absolute atomic E-state index is 13.6. The summed E-state index contributed by atoms with van der Waals surface area (Å²) in [5, 5.41) is 27.1. The van der Waals surface area contributed by atoms with Crippen LogP contribution in [0, 0.1) is 0 Å². The number of unbranched alkanes of at least 4 members (excludes halogenated alkanes) is 4. The van der Waals surface area contributed by atoms with Crippen molar-refractivity contribution in [1.82, 2.24) is 28.6 Å². The molecule has 67 heavy (non-hydrogen) atoms. The van der Waals surface area contributed by atoms with Crippen molar-refractivity contribution in [2.75, 3.05) is 63.0 Å². The number of nitrogens with zero attached hydrogens (tertiary/aromatic N) is 6. The molecule has 4 N–H and O–H groups in total. The van der Waals surface area contributed by atoms with Crippen LogP contribution in [0.2, 0.25) is 0 Å². The molecule has 0 radical (unpaired) electrons. The van der Waals surface area contributed by atoms with Gasteiger partial charge in [-0.2, -0.15) is 0 Å². The SMILES string of the molecule is CCCCCC(=O)O.CCCCCC(=O)Oc1ccc2c(c1)c(=O)c1c(NCCN(CC)CC)ccc3ncn2c31.CCN(CC)CCNc1ccc2ncn3c4ccc(O)cc4c(=O)c1c23. The lowest BCUT2D eigenvalue weighted by molar-refractivity contribution is -0.137. The van der Waals surface area contributed by atoms with Crippen molar-refractivity contribution in [3.8, 4) is 11.5 Å². The summed E-state index contributed by atoms with van der Waals surface area (Å²) in [5.74, 6) is -0.464. The number of imidazole rings is 2. The van der Waals surface area contributed by atoms with E-state index in [1.54, 1.807) is 36.9 Å². The van der Waals surface area contributed by atoms with Gasteiger partial charge in [0.1, 0.15) is 24.2 Å². The highest BCUT2D eigenvalue weighted by Crippen LogP contribution is 2.31. The van der Waals surface area contributed by atoms with E-state index in [2.05, 4.69) is 71.9 Å². The highest BCUT2D eigenvalue weighted by Gasteiger charge is 2.19. The van der Waals surface area contributed by atoms with E-state index in [9.17, 15) is 24.3 Å². The van der Waals surface area contributed by atoms with E-state index in [1.807, 2.05) is 39.1 Å². The number of esters is 1. The van der Waals surface area contributed by atoms with Gasteiger partial charge in [-0.25, -0.2) is 9.97 Å². The first-order valence-corrected chi connectivity index (χ1v) is 23.9. The first kappa shape index (κ1) is 49.8. The number of anilines is 2. The minimum atomic E-state index is -0.682. The zero-order valence-corrected chi connectivity index (χ0v) is 39.9. The van der Waals surface area contributed by atoms with Crippen molar-refractivity contribution in [3.05, 3.63) is 93.8 Å². The van der Waals surface area contributed by atoms with Crippen LogP contribution in [-0.2, 0) is 9.59 Å². The fourth-order valence-corrected chi connectivity index (χ4v) is 8.49. The summed E-state index contributed by atoms with van der Waals surface area (Å²) in [7, 11) is 0. The standard InChI is InChI=1S/C26H32N4O3.C20H22N4O2.C6H12O2/c1-4-7-8-9-23(31)33-18-10-13-22-19(16-18)26(32)24-20(27-14-15-29(5-2)6-3)11-12-21-25(24)30(22)17-28-21;1-3-23(4-2)10-9-21-15-6-7-16-19-18(15)20(26)14-11-13(25)5-8-17(14)24(19)12-22-16;1-2-3-4-5-6(7)8/h10-13,16-17,27H,4-9,14-15H2,1-3H3;5-8,11-12,21,25H,3-4,9-10H2,1-2H3;2-5H2,1H3,(H,7,8). The number of phenolic OH excluding ortho intramolecular Hbond substituents is 1. The van der Waals surface area contributed by atoms with Gasteiger partial charge in [0.05, 0.1) is 54.6 Å². The molecule has 8 aromatic rings. The maximum atomic E-state index is 13.6. The molecule has 0 saturated heterocycles. The predicted octanol–water partition coefficient (Wildman–Crippen LogP) is 9.23. The number of ether oxygens (including phenoxy) is 1. The number of carbonyl (C=O) groups excluding carboxylic acids is 1. The lowest BCUT2D eigenvalue weighted by atomic mass is 10.1. The molecule has 0 atom stereocenters. The molecule has 0 aliphatic carbocycles. The fraction of sp³-hybridized carbons (Fsp3) is 0.423. The number of aromatic hydroxyl groups is 1. The van der Waals surface area contributed by atoms with Gasteiger partial charge in [-0.1, -0.05) is 67.2 Å². The van der Waals surface area contributed by atoms with Crippen LogP contribution in [0.1, 0.15) is 92.9 Å². The summed E-state index contributed by atoms with van der Waals surface area (Å²) < 4.78 is 9.40. The number of carboxylic acid groups (broad SMARTS) is 1. The number of pyridine rings is 2. The second-order valence-corrected chi connectivity index (χ2v) is 16.7. The minimum Gasteiger partial charge on any atom is -0.508 e. The predicted molar refractivity (Wildman–Crippen MR) is 271 cm³/mol. The van der Waals surface area contributed by atoms with Crippen molar-refractivity contribution < 1.29 is 24.5 Å². The number of benzene rings is 4. The van der Waals surface area contributed by atoms with E-state index < -0.39 is 5.97 Å². The monoisotopic (exact) mass is 915 g/mol. The Morgan fingerprint density at radius 1 is 0.627 bits per heavy atom. The molecule has 0 fully saturated rings. The molecule has 0 aliphatic rings. The second kappa shape index (κ2) is 23.7. The van der Waals surface area contributed by atoms with E-state index in [0.29, 0.717) is 40.1 Å². The molecule has 356 valence electrons. The third-order valence-electron chi connectivity index (χ3n) is 12.3. The number of carboxylic acids is 1. The topological polar surface area (TPSA) is 183 Å². The molecule has 4 heterocycles. The Balaban J connectivity index is 0.000000194. The lowest BCUT2D eigenvalue weighted by Crippen LogP contribution is -2.28. The van der Waals surface area contributed by atoms with Crippen LogP contribution >= 0.6 is 0 Å². The summed E-state index contributed by atoms with van der Waals surface area (Å²) >= 11 is 0. The molecule has 4 aromatic carbocycles. The van der Waals surface area contributed by atoms with Gasteiger partial charge in [-0.05, 0) is 99.7 Å². The molecule has 0 amide bonds. The Hall–Kier alpha value is -6.58. The molecule has 15 nitrogen and oxygen atoms in total. The third-order valence-corrected chi connectivity index (χ3v) is 12.3. The molecular formula is C52H66N8O7. The average Bonchev–Trinajstić information content (AvgIpc) is 3.97. The fourth-order valence-electron chi connectivity index (χ4n) is 8.49. The highest BCUT2D eigenvalue weighted by molar-refractivity contribution is 6.08. The van der Waals surface area contributed by atoms with E-state index in [-0.39, 0.29) is 22.6 Å². The number of hydrogen-bond donors (Lipinski definition) is 4. The number of fused-ring (bicyclic) bond motifs is 4. The highest BCUT2D eigenvalue weighted by atomic mass is 16.5. The number of nitrogens with one attached hydrogen (secondary N) is 2. The molecule has 0 saturated carbocycles. The lowest BCUT2D eigenvalue weighted by Gasteiger charge is -2.19. The molecule has 0 bridgehead atoms. The first-order chi connectivity index (χ1) is 32.5. The zero-order valence-electron chi connectivity index (χ0n) is 39.9. The number of phenols is 1. The number of likely N-dealkylation sites (N-methyl/N-ethyl adjacent to an activating group) is 2. The van der Waals surface area contributed by atoms with Gasteiger partial charge in [0.25, 0.3) is 0 Å². The van der Waals surface area contributed by atoms with Gasteiger partial charge in [0.2, 0.25) is 0 Å². The third kappa shape index (κ3) is 11.7. The maximum Gasteiger partial charge on any atom is 0.311 e. The average molecular weight is 915 g/mol. The van der Waals surface area contributed by atoms with E-state index in [0.717, 1.165) is 135 Å². The van der Waals surface area contributed by atoms with Crippen LogP contribution in [0.4, 0.5) is 11.4 Å². The van der Waals surface area contributed by atoms with Crippen molar-refractivity contribution in [2.24, 2.45) is 0 Å². The molecule has 0 unspecified atom stereocenters. The van der Waals surface area contributed by atoms with Crippen molar-refractivity contribution in [3.63, 3.8) is 0 Å². The van der Waals surface area contributed by atoms with E-state index in [1.165, 1.54) is 6.07 Å². The second-order valence-electron chi connectivity index (χ2n) is 16.7. The summed E-state index contributed by atoms with van der Waals surface area (Å²) in [5.41, 5.74) is 6.15. The van der Waals surface area contributed by atoms with Gasteiger partial charge >= 0.3 is 11.9 Å². The largest absolute Gasteiger partial charge is 0.508 e. The Labute approximate surface area is 391 Å². The number of aromatic nitrogens is 4. The van der Waals surface area contributed by atoms with Crippen molar-refractivity contribution in [2.45, 2.75) is 92.9 Å². The molecule has 0 aliphatic heterocycles. The number of hydrogen-bond acceptors (Lipinski definition) is 12. The Morgan fingerprint density at radius 3 is 1.58 bits per heavy atom. The molecular weight excluding hydrogens is 849 g/mol. The Morgan fingerprint density at radius 2 is 1.10 bits per heavy atom. The van der Waals surface area contributed by atoms with Crippen LogP contribution in [-0.4, -0.2) is 103 Å². The zero-order chi connectivity index (χ0) is 48.0. The van der Waals surface area contributed by atoms with Crippen LogP contribution in [0.15, 0.2) is 82.9 Å². The minimum absolute atomic E-state index is 0.0835. The summed E-state index contributed by atoms with van der Waals surface area (Å²) in [4.78, 5) is 62.5. The van der Waals surface area contributed by atoms with Crippen LogP contribution in [0.25, 0.3) is 54.6 Å². The summed E-state index contributed by atoms with van der Waals surface area (Å²) in [6, 6.07) is 17.9. The smallest absolute Gasteiger partial charge is 0.311 e. The molecule has 0 spiro atoms. The summed E-state index contributed by atoms with van der Waals surface area (Å²) in [6.07, 6.45) is 9.98. The normalized spacial score (nSPS) is 11.5. The van der Waals surface area contributed by atoms with E-state index >= 15 is 0 Å². The number of rotatable bonds is 21.